The van der Waals surface area contributed by atoms with Crippen molar-refractivity contribution in [3.63, 3.8) is 0 Å². The van der Waals surface area contributed by atoms with Gasteiger partial charge < -0.3 is 4.90 Å². The van der Waals surface area contributed by atoms with Crippen LogP contribution in [0.5, 0.6) is 0 Å². The van der Waals surface area contributed by atoms with Gasteiger partial charge in [-0.2, -0.15) is 5.10 Å². The van der Waals surface area contributed by atoms with Crippen molar-refractivity contribution in [2.45, 2.75) is 33.4 Å². The van der Waals surface area contributed by atoms with Crippen LogP contribution in [-0.4, -0.2) is 32.9 Å². The van der Waals surface area contributed by atoms with Crippen LogP contribution < -0.4 is 0 Å². The van der Waals surface area contributed by atoms with Crippen LogP contribution in [0.1, 0.15) is 40.4 Å². The number of ketones is 1. The number of nitrogens with zero attached hydrogens (tertiary/aromatic N) is 3. The van der Waals surface area contributed by atoms with E-state index in [0.29, 0.717) is 36.4 Å². The van der Waals surface area contributed by atoms with E-state index >= 15 is 0 Å². The van der Waals surface area contributed by atoms with Crippen LogP contribution in [-0.2, 0) is 17.9 Å². The van der Waals surface area contributed by atoms with Gasteiger partial charge in [-0.25, -0.2) is 0 Å². The molecule has 2 heterocycles. The summed E-state index contributed by atoms with van der Waals surface area (Å²) in [5.74, 6) is 1.30. The SMILES string of the molecule is CC(=O)c1cnn(Cc2ccc(CN3CC4CC4C3=O)cc2C)c1. The van der Waals surface area contributed by atoms with E-state index in [2.05, 4.69) is 30.2 Å². The van der Waals surface area contributed by atoms with E-state index in [4.69, 9.17) is 0 Å². The van der Waals surface area contributed by atoms with Gasteiger partial charge in [-0.1, -0.05) is 18.2 Å². The Morgan fingerprint density at radius 1 is 1.33 bits per heavy atom. The lowest BCUT2D eigenvalue weighted by Crippen LogP contribution is -2.27. The number of Topliss-reactive ketones (excluding diaryl/α,β-unsaturated/α-hetero) is 1. The molecule has 1 amide bonds. The number of piperidine rings is 1. The van der Waals surface area contributed by atoms with Gasteiger partial charge in [0.25, 0.3) is 0 Å². The van der Waals surface area contributed by atoms with Crippen LogP contribution in [0.25, 0.3) is 0 Å². The zero-order valence-corrected chi connectivity index (χ0v) is 14.0. The molecule has 0 spiro atoms. The number of aryl methyl sites for hydroxylation is 1. The van der Waals surface area contributed by atoms with Gasteiger partial charge >= 0.3 is 0 Å². The summed E-state index contributed by atoms with van der Waals surface area (Å²) < 4.78 is 1.79. The molecule has 1 aliphatic carbocycles. The lowest BCUT2D eigenvalue weighted by atomic mass is 10.0. The number of hydrogen-bond donors (Lipinski definition) is 0. The second-order valence-electron chi connectivity index (χ2n) is 7.06. The minimum Gasteiger partial charge on any atom is -0.338 e. The van der Waals surface area contributed by atoms with Crippen LogP contribution in [0.3, 0.4) is 0 Å². The van der Waals surface area contributed by atoms with Crippen molar-refractivity contribution < 1.29 is 9.59 Å². The second-order valence-corrected chi connectivity index (χ2v) is 7.06. The van der Waals surface area contributed by atoms with Gasteiger partial charge in [0, 0.05) is 25.2 Å². The van der Waals surface area contributed by atoms with Crippen LogP contribution in [0.15, 0.2) is 30.6 Å². The number of rotatable bonds is 5. The predicted molar refractivity (Wildman–Crippen MR) is 89.5 cm³/mol. The summed E-state index contributed by atoms with van der Waals surface area (Å²) in [5, 5.41) is 4.25. The Bertz CT molecular complexity index is 824. The maximum atomic E-state index is 12.1. The molecule has 0 radical (unpaired) electrons. The molecule has 0 N–H and O–H groups in total. The number of hydrogen-bond acceptors (Lipinski definition) is 3. The first kappa shape index (κ1) is 15.1. The Balaban J connectivity index is 1.45. The predicted octanol–water partition coefficient (Wildman–Crippen LogP) is 2.42. The molecule has 124 valence electrons. The fourth-order valence-corrected chi connectivity index (χ4v) is 3.56. The number of amides is 1. The number of aromatic nitrogens is 2. The average Bonchev–Trinajstić information content (AvgIpc) is 3.02. The molecule has 1 aliphatic heterocycles. The highest BCUT2D eigenvalue weighted by Crippen LogP contribution is 2.46. The van der Waals surface area contributed by atoms with Crippen LogP contribution in [0.4, 0.5) is 0 Å². The maximum absolute atomic E-state index is 12.1. The third-order valence-electron chi connectivity index (χ3n) is 5.16. The van der Waals surface area contributed by atoms with E-state index in [0.717, 1.165) is 13.0 Å². The molecule has 24 heavy (non-hydrogen) atoms. The van der Waals surface area contributed by atoms with Crippen molar-refractivity contribution in [2.24, 2.45) is 11.8 Å². The van der Waals surface area contributed by atoms with Crippen LogP contribution in [0.2, 0.25) is 0 Å². The highest BCUT2D eigenvalue weighted by atomic mass is 16.2. The molecule has 1 saturated heterocycles. The van der Waals surface area contributed by atoms with Gasteiger partial charge in [0.1, 0.15) is 0 Å². The van der Waals surface area contributed by atoms with Crippen molar-refractivity contribution >= 4 is 11.7 Å². The third-order valence-corrected chi connectivity index (χ3v) is 5.16. The second kappa shape index (κ2) is 5.58. The monoisotopic (exact) mass is 323 g/mol. The first-order valence-corrected chi connectivity index (χ1v) is 8.42. The molecular formula is C19H21N3O2. The van der Waals surface area contributed by atoms with E-state index in [1.165, 1.54) is 16.7 Å². The number of carbonyl (C=O) groups is 2. The number of fused-ring (bicyclic) bond motifs is 1. The minimum absolute atomic E-state index is 0.0293. The average molecular weight is 323 g/mol. The number of likely N-dealkylation sites (tertiary alicyclic amines) is 1. The summed E-state index contributed by atoms with van der Waals surface area (Å²) in [4.78, 5) is 25.4. The van der Waals surface area contributed by atoms with E-state index in [1.807, 2.05) is 4.90 Å². The highest BCUT2D eigenvalue weighted by Gasteiger charge is 2.51. The molecule has 1 saturated carbocycles. The molecule has 1 aromatic carbocycles. The molecule has 2 unspecified atom stereocenters. The molecular weight excluding hydrogens is 302 g/mol. The van der Waals surface area contributed by atoms with Crippen molar-refractivity contribution in [2.75, 3.05) is 6.54 Å². The smallest absolute Gasteiger partial charge is 0.226 e. The molecule has 0 bridgehead atoms. The van der Waals surface area contributed by atoms with Gasteiger partial charge in [-0.05, 0) is 42.9 Å². The summed E-state index contributed by atoms with van der Waals surface area (Å²) in [6.45, 7) is 5.91. The standard InChI is InChI=1S/C19H21N3O2/c1-12-5-14(8-21-9-16-6-18(16)19(21)24)3-4-15(12)10-22-11-17(7-20-22)13(2)23/h3-5,7,11,16,18H,6,8-10H2,1-2H3. The maximum Gasteiger partial charge on any atom is 0.226 e. The fourth-order valence-electron chi connectivity index (χ4n) is 3.56. The Kier molecular flexibility index (Phi) is 3.52. The van der Waals surface area contributed by atoms with E-state index in [9.17, 15) is 9.59 Å². The van der Waals surface area contributed by atoms with Crippen LogP contribution >= 0.6 is 0 Å². The van der Waals surface area contributed by atoms with Crippen molar-refractivity contribution in [3.05, 3.63) is 52.8 Å². The lowest BCUT2D eigenvalue weighted by molar-refractivity contribution is -0.130. The molecule has 2 aromatic rings. The summed E-state index contributed by atoms with van der Waals surface area (Å²) in [5.41, 5.74) is 4.17. The molecule has 5 heteroatoms. The van der Waals surface area contributed by atoms with E-state index < -0.39 is 0 Å². The summed E-state index contributed by atoms with van der Waals surface area (Å²) in [6, 6.07) is 6.35. The van der Waals surface area contributed by atoms with Crippen molar-refractivity contribution in [3.8, 4) is 0 Å². The van der Waals surface area contributed by atoms with Gasteiger partial charge in [-0.3, -0.25) is 14.3 Å². The Hall–Kier alpha value is -2.43. The Morgan fingerprint density at radius 3 is 2.79 bits per heavy atom. The largest absolute Gasteiger partial charge is 0.338 e. The zero-order valence-electron chi connectivity index (χ0n) is 14.0. The van der Waals surface area contributed by atoms with Crippen molar-refractivity contribution in [1.82, 2.24) is 14.7 Å². The van der Waals surface area contributed by atoms with Gasteiger partial charge in [0.15, 0.2) is 5.78 Å². The molecule has 4 rings (SSSR count). The van der Waals surface area contributed by atoms with Gasteiger partial charge in [0.2, 0.25) is 5.91 Å². The zero-order chi connectivity index (χ0) is 16.8. The quantitative estimate of drug-likeness (QED) is 0.794. The summed E-state index contributed by atoms with van der Waals surface area (Å²) in [7, 11) is 0. The highest BCUT2D eigenvalue weighted by molar-refractivity contribution is 5.93. The van der Waals surface area contributed by atoms with E-state index in [1.54, 1.807) is 24.0 Å². The summed E-state index contributed by atoms with van der Waals surface area (Å²) >= 11 is 0. The molecule has 2 aliphatic rings. The first-order chi connectivity index (χ1) is 11.5. The minimum atomic E-state index is 0.0293. The Labute approximate surface area is 141 Å². The lowest BCUT2D eigenvalue weighted by Gasteiger charge is -2.19. The van der Waals surface area contributed by atoms with Crippen molar-refractivity contribution in [1.29, 1.82) is 0 Å². The number of carbonyl (C=O) groups excluding carboxylic acids is 2. The van der Waals surface area contributed by atoms with Crippen LogP contribution in [0, 0.1) is 18.8 Å². The Morgan fingerprint density at radius 2 is 2.17 bits per heavy atom. The summed E-state index contributed by atoms with van der Waals surface area (Å²) in [6.07, 6.45) is 4.49. The fraction of sp³-hybridized carbons (Fsp3) is 0.421. The normalized spacial score (nSPS) is 21.9. The molecule has 2 atom stereocenters. The van der Waals surface area contributed by atoms with E-state index in [-0.39, 0.29) is 5.78 Å². The molecule has 5 nitrogen and oxygen atoms in total. The third kappa shape index (κ3) is 2.75. The molecule has 1 aromatic heterocycles. The first-order valence-electron chi connectivity index (χ1n) is 8.42. The number of benzene rings is 1. The van der Waals surface area contributed by atoms with Gasteiger partial charge in [0.05, 0.1) is 18.3 Å². The molecule has 2 fully saturated rings. The topological polar surface area (TPSA) is 55.2 Å². The van der Waals surface area contributed by atoms with Gasteiger partial charge in [-0.15, -0.1) is 0 Å².